The number of amides is 2. The number of anilines is 2. The van der Waals surface area contributed by atoms with Crippen LogP contribution in [-0.2, 0) is 6.54 Å². The lowest BCUT2D eigenvalue weighted by Gasteiger charge is -2.36. The molecule has 0 saturated carbocycles. The van der Waals surface area contributed by atoms with Crippen molar-refractivity contribution in [3.8, 4) is 0 Å². The summed E-state index contributed by atoms with van der Waals surface area (Å²) in [5.41, 5.74) is 5.45. The number of aryl methyl sites for hydroxylation is 2. The molecule has 0 atom stereocenters. The monoisotopic (exact) mass is 406 g/mol. The highest BCUT2D eigenvalue weighted by Gasteiger charge is 2.32. The van der Waals surface area contributed by atoms with Gasteiger partial charge in [-0.3, -0.25) is 4.90 Å². The first kappa shape index (κ1) is 19.0. The van der Waals surface area contributed by atoms with Crippen LogP contribution in [0.15, 0.2) is 76.5 Å². The Hall–Kier alpha value is -2.37. The second kappa shape index (κ2) is 7.94. The van der Waals surface area contributed by atoms with E-state index in [1.165, 1.54) is 28.6 Å². The number of fused-ring (bicyclic) bond motifs is 1. The summed E-state index contributed by atoms with van der Waals surface area (Å²) in [7, 11) is 0. The van der Waals surface area contributed by atoms with Crippen LogP contribution in [0.3, 0.4) is 0 Å². The van der Waals surface area contributed by atoms with Gasteiger partial charge in [-0.2, -0.15) is 0 Å². The van der Waals surface area contributed by atoms with Gasteiger partial charge in [0, 0.05) is 4.90 Å². The summed E-state index contributed by atoms with van der Waals surface area (Å²) in [5, 5.41) is 0. The largest absolute Gasteiger partial charge is 0.339 e. The highest BCUT2D eigenvalue weighted by Crippen LogP contribution is 2.42. The molecule has 1 heterocycles. The van der Waals surface area contributed by atoms with E-state index in [1.807, 2.05) is 41.5 Å². The molecule has 3 aromatic rings. The molecule has 0 radical (unpaired) electrons. The quantitative estimate of drug-likeness (QED) is 0.357. The van der Waals surface area contributed by atoms with Gasteiger partial charge < -0.3 is 0 Å². The predicted molar refractivity (Wildman–Crippen MR) is 120 cm³/mol. The molecule has 28 heavy (non-hydrogen) atoms. The predicted octanol–water partition coefficient (Wildman–Crippen LogP) is 6.68. The van der Waals surface area contributed by atoms with Crippen LogP contribution in [0.1, 0.15) is 16.7 Å². The molecule has 0 unspecified atom stereocenters. The number of rotatable bonds is 4. The molecule has 4 rings (SSSR count). The van der Waals surface area contributed by atoms with Crippen LogP contribution in [0.5, 0.6) is 0 Å². The summed E-state index contributed by atoms with van der Waals surface area (Å²) >= 11 is 3.17. The minimum absolute atomic E-state index is 0.0112. The van der Waals surface area contributed by atoms with Gasteiger partial charge in [-0.05, 0) is 73.5 Å². The number of urea groups is 1. The lowest BCUT2D eigenvalue weighted by atomic mass is 10.0. The second-order valence-corrected chi connectivity index (χ2v) is 8.72. The van der Waals surface area contributed by atoms with Crippen LogP contribution in [0, 0.1) is 13.8 Å². The summed E-state index contributed by atoms with van der Waals surface area (Å²) in [5.74, 6) is 0. The summed E-state index contributed by atoms with van der Waals surface area (Å²) < 4.78 is 1.80. The molecule has 3 nitrogen and oxygen atoms in total. The van der Waals surface area contributed by atoms with Crippen LogP contribution >= 0.6 is 23.7 Å². The number of benzene rings is 3. The molecule has 0 fully saturated rings. The molecule has 142 valence electrons. The minimum Gasteiger partial charge on any atom is -0.288 e. The summed E-state index contributed by atoms with van der Waals surface area (Å²) in [6, 6.07) is 22.7. The summed E-state index contributed by atoms with van der Waals surface area (Å²) in [6.07, 6.45) is 2.05. The van der Waals surface area contributed by atoms with Crippen molar-refractivity contribution in [2.75, 3.05) is 15.5 Å². The third kappa shape index (κ3) is 3.64. The van der Waals surface area contributed by atoms with Crippen LogP contribution in [0.4, 0.5) is 16.2 Å². The molecule has 0 aromatic heterocycles. The highest BCUT2D eigenvalue weighted by molar-refractivity contribution is 8.01. The molecule has 0 aliphatic carbocycles. The van der Waals surface area contributed by atoms with Gasteiger partial charge in [0.1, 0.15) is 0 Å². The number of nitrogens with zero attached hydrogens (tertiary/aromatic N) is 2. The molecule has 5 heteroatoms. The topological polar surface area (TPSA) is 23.6 Å². The summed E-state index contributed by atoms with van der Waals surface area (Å²) in [6.45, 7) is 4.75. The Morgan fingerprint density at radius 3 is 2.61 bits per heavy atom. The fraction of sp³-hybridized carbons (Fsp3) is 0.174. The third-order valence-corrected chi connectivity index (χ3v) is 6.69. The van der Waals surface area contributed by atoms with Crippen molar-refractivity contribution in [1.82, 2.24) is 0 Å². The van der Waals surface area contributed by atoms with Crippen LogP contribution in [0.2, 0.25) is 0 Å². The lowest BCUT2D eigenvalue weighted by Crippen LogP contribution is -2.43. The molecule has 0 bridgehead atoms. The fourth-order valence-corrected chi connectivity index (χ4v) is 4.76. The normalized spacial score (nSPS) is 13.6. The van der Waals surface area contributed by atoms with Crippen molar-refractivity contribution in [3.05, 3.63) is 83.4 Å². The zero-order valence-electron chi connectivity index (χ0n) is 16.2. The molecular formula is C23H22N2OS2. The summed E-state index contributed by atoms with van der Waals surface area (Å²) in [4.78, 5) is 17.6. The highest BCUT2D eigenvalue weighted by atomic mass is 32.2. The number of hydrogen-bond acceptors (Lipinski definition) is 3. The van der Waals surface area contributed by atoms with E-state index in [4.69, 9.17) is 0 Å². The van der Waals surface area contributed by atoms with Gasteiger partial charge in [0.25, 0.3) is 0 Å². The van der Waals surface area contributed by atoms with Gasteiger partial charge in [-0.15, -0.1) is 11.8 Å². The molecule has 2 amide bonds. The van der Waals surface area contributed by atoms with Crippen molar-refractivity contribution in [1.29, 1.82) is 0 Å². The van der Waals surface area contributed by atoms with E-state index in [0.29, 0.717) is 6.54 Å². The maximum atomic E-state index is 13.5. The van der Waals surface area contributed by atoms with E-state index in [-0.39, 0.29) is 6.03 Å². The van der Waals surface area contributed by atoms with Gasteiger partial charge in [0.2, 0.25) is 0 Å². The van der Waals surface area contributed by atoms with Crippen molar-refractivity contribution < 1.29 is 4.79 Å². The maximum Gasteiger partial charge on any atom is 0.339 e. The van der Waals surface area contributed by atoms with Gasteiger partial charge in [0.15, 0.2) is 0 Å². The van der Waals surface area contributed by atoms with Crippen molar-refractivity contribution in [3.63, 3.8) is 0 Å². The van der Waals surface area contributed by atoms with Crippen LogP contribution < -0.4 is 9.21 Å². The zero-order chi connectivity index (χ0) is 19.7. The Balaban J connectivity index is 1.76. The second-order valence-electron chi connectivity index (χ2n) is 6.85. The molecular weight excluding hydrogens is 384 g/mol. The van der Waals surface area contributed by atoms with E-state index in [9.17, 15) is 4.79 Å². The molecule has 0 saturated heterocycles. The molecule has 1 aliphatic heterocycles. The Morgan fingerprint density at radius 1 is 0.964 bits per heavy atom. The van der Waals surface area contributed by atoms with Crippen molar-refractivity contribution in [2.24, 2.45) is 0 Å². The first-order chi connectivity index (χ1) is 13.6. The fourth-order valence-electron chi connectivity index (χ4n) is 3.30. The van der Waals surface area contributed by atoms with E-state index in [0.717, 1.165) is 21.2 Å². The number of carbonyl (C=O) groups is 1. The maximum absolute atomic E-state index is 13.5. The van der Waals surface area contributed by atoms with Crippen molar-refractivity contribution >= 4 is 41.1 Å². The smallest absolute Gasteiger partial charge is 0.288 e. The van der Waals surface area contributed by atoms with E-state index >= 15 is 0 Å². The first-order valence-corrected chi connectivity index (χ1v) is 11.2. The number of carbonyl (C=O) groups excluding carboxylic acids is 1. The zero-order valence-corrected chi connectivity index (χ0v) is 17.8. The van der Waals surface area contributed by atoms with E-state index in [1.54, 1.807) is 16.1 Å². The van der Waals surface area contributed by atoms with Crippen LogP contribution in [0.25, 0.3) is 0 Å². The van der Waals surface area contributed by atoms with Gasteiger partial charge in [0.05, 0.1) is 22.8 Å². The molecule has 1 aliphatic rings. The molecule has 0 spiro atoms. The van der Waals surface area contributed by atoms with Crippen molar-refractivity contribution in [2.45, 2.75) is 30.2 Å². The van der Waals surface area contributed by atoms with Gasteiger partial charge in [-0.1, -0.05) is 42.0 Å². The van der Waals surface area contributed by atoms with Gasteiger partial charge in [-0.25, -0.2) is 9.10 Å². The van der Waals surface area contributed by atoms with Crippen LogP contribution in [-0.4, -0.2) is 12.3 Å². The van der Waals surface area contributed by atoms with Gasteiger partial charge >= 0.3 is 6.03 Å². The Morgan fingerprint density at radius 2 is 1.79 bits per heavy atom. The average Bonchev–Trinajstić information content (AvgIpc) is 2.72. The molecule has 3 aromatic carbocycles. The number of hydrogen-bond donors (Lipinski definition) is 0. The minimum atomic E-state index is -0.0112. The Labute approximate surface area is 174 Å². The lowest BCUT2D eigenvalue weighted by molar-refractivity contribution is 0.254. The number of thioether (sulfide) groups is 1. The van der Waals surface area contributed by atoms with E-state index < -0.39 is 0 Å². The SMILES string of the molecule is CSc1cccc(N2Sc3ccccc3N(Cc3cc(C)ccc3C)C2=O)c1. The standard InChI is InChI=1S/C23H22N2OS2/c1-16-11-12-17(2)18(13-16)15-24-21-9-4-5-10-22(21)28-25(23(24)26)19-7-6-8-20(14-19)27-3/h4-14H,15H2,1-3H3. The Bertz CT molecular complexity index is 1030. The third-order valence-electron chi connectivity index (χ3n) is 4.87. The Kier molecular flexibility index (Phi) is 5.38. The number of para-hydroxylation sites is 1. The molecule has 0 N–H and O–H groups in total. The first-order valence-electron chi connectivity index (χ1n) is 9.15. The average molecular weight is 407 g/mol. The van der Waals surface area contributed by atoms with E-state index in [2.05, 4.69) is 50.2 Å².